The van der Waals surface area contributed by atoms with Crippen LogP contribution in [0.15, 0.2) is 18.2 Å². The molecule has 0 aliphatic carbocycles. The SMILES string of the molecule is Cc1ccc(N2C(=O)CCCCC2=O)cc1N. The van der Waals surface area contributed by atoms with E-state index in [0.29, 0.717) is 24.2 Å². The summed E-state index contributed by atoms with van der Waals surface area (Å²) in [5.41, 5.74) is 7.95. The van der Waals surface area contributed by atoms with Gasteiger partial charge in [0.1, 0.15) is 0 Å². The lowest BCUT2D eigenvalue weighted by Crippen LogP contribution is -2.35. The lowest BCUT2D eigenvalue weighted by atomic mass is 10.1. The van der Waals surface area contributed by atoms with Crippen molar-refractivity contribution in [3.8, 4) is 0 Å². The Morgan fingerprint density at radius 2 is 1.71 bits per heavy atom. The quantitative estimate of drug-likeness (QED) is 0.595. The molecule has 2 amide bonds. The van der Waals surface area contributed by atoms with Crippen molar-refractivity contribution in [3.63, 3.8) is 0 Å². The number of anilines is 2. The number of rotatable bonds is 1. The monoisotopic (exact) mass is 232 g/mol. The molecule has 4 heteroatoms. The number of hydrogen-bond donors (Lipinski definition) is 1. The highest BCUT2D eigenvalue weighted by Gasteiger charge is 2.25. The van der Waals surface area contributed by atoms with Crippen molar-refractivity contribution < 1.29 is 9.59 Å². The average Bonchev–Trinajstić information content (AvgIpc) is 2.45. The number of carbonyl (C=O) groups excluding carboxylic acids is 2. The van der Waals surface area contributed by atoms with Crippen LogP contribution in [0.3, 0.4) is 0 Å². The van der Waals surface area contributed by atoms with Crippen molar-refractivity contribution in [3.05, 3.63) is 23.8 Å². The zero-order valence-electron chi connectivity index (χ0n) is 9.90. The highest BCUT2D eigenvalue weighted by atomic mass is 16.2. The predicted octanol–water partition coefficient (Wildman–Crippen LogP) is 2.01. The molecule has 1 fully saturated rings. The van der Waals surface area contributed by atoms with Crippen LogP contribution in [0.25, 0.3) is 0 Å². The molecular formula is C13H16N2O2. The number of amides is 2. The topological polar surface area (TPSA) is 63.4 Å². The second-order valence-corrected chi connectivity index (χ2v) is 4.37. The van der Waals surface area contributed by atoms with Crippen molar-refractivity contribution in [1.29, 1.82) is 0 Å². The summed E-state index contributed by atoms with van der Waals surface area (Å²) in [5, 5.41) is 0. The van der Waals surface area contributed by atoms with Crippen LogP contribution in [0.5, 0.6) is 0 Å². The molecule has 1 aliphatic rings. The number of nitrogen functional groups attached to an aromatic ring is 1. The molecule has 0 bridgehead atoms. The fraction of sp³-hybridized carbons (Fsp3) is 0.385. The van der Waals surface area contributed by atoms with Crippen LogP contribution in [0.1, 0.15) is 31.2 Å². The maximum Gasteiger partial charge on any atom is 0.233 e. The molecule has 1 saturated heterocycles. The van der Waals surface area contributed by atoms with E-state index in [0.717, 1.165) is 18.4 Å². The van der Waals surface area contributed by atoms with Crippen molar-refractivity contribution in [2.45, 2.75) is 32.6 Å². The second kappa shape index (κ2) is 4.57. The Morgan fingerprint density at radius 3 is 2.24 bits per heavy atom. The van der Waals surface area contributed by atoms with E-state index >= 15 is 0 Å². The maximum atomic E-state index is 11.9. The largest absolute Gasteiger partial charge is 0.398 e. The Morgan fingerprint density at radius 1 is 1.12 bits per heavy atom. The summed E-state index contributed by atoms with van der Waals surface area (Å²) in [7, 11) is 0. The second-order valence-electron chi connectivity index (χ2n) is 4.37. The Hall–Kier alpha value is -1.84. The van der Waals surface area contributed by atoms with E-state index in [1.807, 2.05) is 13.0 Å². The number of nitrogens with two attached hydrogens (primary N) is 1. The van der Waals surface area contributed by atoms with Gasteiger partial charge in [0, 0.05) is 18.5 Å². The first-order valence-corrected chi connectivity index (χ1v) is 5.81. The number of nitrogens with zero attached hydrogens (tertiary/aromatic N) is 1. The average molecular weight is 232 g/mol. The zero-order chi connectivity index (χ0) is 12.4. The Balaban J connectivity index is 2.38. The molecule has 1 heterocycles. The number of hydrogen-bond acceptors (Lipinski definition) is 3. The number of imide groups is 1. The first-order chi connectivity index (χ1) is 8.09. The summed E-state index contributed by atoms with van der Waals surface area (Å²) in [4.78, 5) is 25.0. The van der Waals surface area contributed by atoms with Gasteiger partial charge in [-0.15, -0.1) is 0 Å². The van der Waals surface area contributed by atoms with E-state index in [1.165, 1.54) is 4.90 Å². The summed E-state index contributed by atoms with van der Waals surface area (Å²) in [6.07, 6.45) is 2.42. The van der Waals surface area contributed by atoms with E-state index < -0.39 is 0 Å². The van der Waals surface area contributed by atoms with Crippen LogP contribution in [-0.4, -0.2) is 11.8 Å². The number of carbonyl (C=O) groups is 2. The molecular weight excluding hydrogens is 216 g/mol. The van der Waals surface area contributed by atoms with E-state index in [9.17, 15) is 9.59 Å². The van der Waals surface area contributed by atoms with Gasteiger partial charge in [0.05, 0.1) is 5.69 Å². The fourth-order valence-corrected chi connectivity index (χ4v) is 1.97. The first kappa shape index (κ1) is 11.6. The van der Waals surface area contributed by atoms with Gasteiger partial charge in [-0.2, -0.15) is 0 Å². The molecule has 1 aromatic rings. The van der Waals surface area contributed by atoms with Crippen molar-refractivity contribution in [2.24, 2.45) is 0 Å². The minimum atomic E-state index is -0.129. The lowest BCUT2D eigenvalue weighted by Gasteiger charge is -2.19. The standard InChI is InChI=1S/C13H16N2O2/c1-9-6-7-10(8-11(9)14)15-12(16)4-2-3-5-13(15)17/h6-8H,2-5,14H2,1H3. The number of benzene rings is 1. The van der Waals surface area contributed by atoms with Crippen molar-refractivity contribution >= 4 is 23.2 Å². The van der Waals surface area contributed by atoms with Gasteiger partial charge in [0.2, 0.25) is 11.8 Å². The molecule has 4 nitrogen and oxygen atoms in total. The summed E-state index contributed by atoms with van der Waals surface area (Å²) in [6.45, 7) is 1.89. The van der Waals surface area contributed by atoms with Crippen LogP contribution < -0.4 is 10.6 Å². The fourth-order valence-electron chi connectivity index (χ4n) is 1.97. The van der Waals surface area contributed by atoms with Gasteiger partial charge in [-0.1, -0.05) is 6.07 Å². The van der Waals surface area contributed by atoms with Crippen molar-refractivity contribution in [2.75, 3.05) is 10.6 Å². The van der Waals surface area contributed by atoms with Crippen LogP contribution >= 0.6 is 0 Å². The third-order valence-electron chi connectivity index (χ3n) is 3.05. The maximum absolute atomic E-state index is 11.9. The van der Waals surface area contributed by atoms with Crippen LogP contribution in [0, 0.1) is 6.92 Å². The molecule has 1 aromatic carbocycles. The summed E-state index contributed by atoms with van der Waals surface area (Å²) in [6, 6.07) is 5.29. The molecule has 0 spiro atoms. The Bertz CT molecular complexity index is 450. The van der Waals surface area contributed by atoms with E-state index in [-0.39, 0.29) is 11.8 Å². The minimum absolute atomic E-state index is 0.129. The summed E-state index contributed by atoms with van der Waals surface area (Å²) >= 11 is 0. The van der Waals surface area contributed by atoms with E-state index in [2.05, 4.69) is 0 Å². The van der Waals surface area contributed by atoms with Crippen molar-refractivity contribution in [1.82, 2.24) is 0 Å². The van der Waals surface area contributed by atoms with Gasteiger partial charge < -0.3 is 5.73 Å². The third kappa shape index (κ3) is 2.30. The molecule has 1 aliphatic heterocycles. The molecule has 0 atom stereocenters. The van der Waals surface area contributed by atoms with E-state index in [4.69, 9.17) is 5.73 Å². The van der Waals surface area contributed by atoms with Crippen LogP contribution in [0.2, 0.25) is 0 Å². The third-order valence-corrected chi connectivity index (χ3v) is 3.05. The molecule has 2 rings (SSSR count). The molecule has 2 N–H and O–H groups in total. The highest BCUT2D eigenvalue weighted by Crippen LogP contribution is 2.25. The molecule has 0 saturated carbocycles. The highest BCUT2D eigenvalue weighted by molar-refractivity contribution is 6.15. The summed E-state index contributed by atoms with van der Waals surface area (Å²) < 4.78 is 0. The van der Waals surface area contributed by atoms with Gasteiger partial charge in [-0.3, -0.25) is 14.5 Å². The molecule has 90 valence electrons. The van der Waals surface area contributed by atoms with Crippen LogP contribution in [0.4, 0.5) is 11.4 Å². The number of aryl methyl sites for hydroxylation is 1. The summed E-state index contributed by atoms with van der Waals surface area (Å²) in [5.74, 6) is -0.258. The van der Waals surface area contributed by atoms with E-state index in [1.54, 1.807) is 12.1 Å². The Labute approximate surface area is 100 Å². The lowest BCUT2D eigenvalue weighted by molar-refractivity contribution is -0.125. The molecule has 17 heavy (non-hydrogen) atoms. The van der Waals surface area contributed by atoms with Crippen LogP contribution in [-0.2, 0) is 9.59 Å². The molecule has 0 unspecified atom stereocenters. The smallest absolute Gasteiger partial charge is 0.233 e. The van der Waals surface area contributed by atoms with Gasteiger partial charge in [-0.05, 0) is 37.5 Å². The van der Waals surface area contributed by atoms with Gasteiger partial charge in [0.15, 0.2) is 0 Å². The molecule has 0 aromatic heterocycles. The zero-order valence-corrected chi connectivity index (χ0v) is 9.90. The molecule has 0 radical (unpaired) electrons. The van der Waals surface area contributed by atoms with Gasteiger partial charge >= 0.3 is 0 Å². The minimum Gasteiger partial charge on any atom is -0.398 e. The van der Waals surface area contributed by atoms with Gasteiger partial charge in [-0.25, -0.2) is 0 Å². The predicted molar refractivity (Wildman–Crippen MR) is 66.6 cm³/mol. The first-order valence-electron chi connectivity index (χ1n) is 5.81. The van der Waals surface area contributed by atoms with Gasteiger partial charge in [0.25, 0.3) is 0 Å². The normalized spacial score (nSPS) is 17.1. The Kier molecular flexibility index (Phi) is 3.13.